The number of rotatable bonds is 2. The molecule has 1 fully saturated rings. The van der Waals surface area contributed by atoms with E-state index in [1.165, 1.54) is 7.05 Å². The van der Waals surface area contributed by atoms with Crippen LogP contribution in [0.1, 0.15) is 26.7 Å². The van der Waals surface area contributed by atoms with Crippen LogP contribution in [0.15, 0.2) is 0 Å². The highest BCUT2D eigenvalue weighted by Crippen LogP contribution is 2.16. The van der Waals surface area contributed by atoms with Crippen molar-refractivity contribution in [2.75, 3.05) is 40.4 Å². The number of carbonyl (C=O) groups is 1. The maximum absolute atomic E-state index is 11.3. The van der Waals surface area contributed by atoms with Crippen molar-refractivity contribution in [2.45, 2.75) is 26.7 Å². The average molecular weight is 248 g/mol. The molecule has 0 radical (unpaired) electrons. The third-order valence-corrected chi connectivity index (χ3v) is 2.34. The zero-order valence-electron chi connectivity index (χ0n) is 11.6. The third-order valence-electron chi connectivity index (χ3n) is 2.34. The zero-order valence-corrected chi connectivity index (χ0v) is 11.6. The Balaban J connectivity index is 0. The number of likely N-dealkylation sites (tertiary alicyclic amines) is 1. The molecule has 0 bridgehead atoms. The Bertz CT molecular complexity index is 169. The molecule has 1 saturated heterocycles. The summed E-state index contributed by atoms with van der Waals surface area (Å²) in [6, 6.07) is 0. The fourth-order valence-electron chi connectivity index (χ4n) is 1.50. The summed E-state index contributed by atoms with van der Waals surface area (Å²) in [4.78, 5) is 13.5. The van der Waals surface area contributed by atoms with Gasteiger partial charge < -0.3 is 20.5 Å². The summed E-state index contributed by atoms with van der Waals surface area (Å²) < 4.78 is 4.96. The molecule has 17 heavy (non-hydrogen) atoms. The fraction of sp³-hybridized carbons (Fsp3) is 0.917. The van der Waals surface area contributed by atoms with Gasteiger partial charge in [-0.2, -0.15) is 0 Å². The van der Waals surface area contributed by atoms with Crippen LogP contribution in [0.25, 0.3) is 0 Å². The topological polar surface area (TPSA) is 75.8 Å². The summed E-state index contributed by atoms with van der Waals surface area (Å²) in [5, 5.41) is 7.57. The van der Waals surface area contributed by atoms with E-state index in [4.69, 9.17) is 9.84 Å². The average Bonchev–Trinajstić information content (AvgIpc) is 2.34. The van der Waals surface area contributed by atoms with Crippen molar-refractivity contribution in [1.82, 2.24) is 4.90 Å². The number of nitrogens with two attached hydrogens (primary N) is 1. The predicted octanol–water partition coefficient (Wildman–Crippen LogP) is 0.465. The largest absolute Gasteiger partial charge is 0.466 e. The van der Waals surface area contributed by atoms with Crippen LogP contribution in [0.2, 0.25) is 0 Å². The lowest BCUT2D eigenvalue weighted by Crippen LogP contribution is -2.34. The number of aliphatic hydroxyl groups is 1. The number of hydrogen-bond acceptors (Lipinski definition) is 5. The zero-order chi connectivity index (χ0) is 13.7. The minimum absolute atomic E-state index is 0.00870. The molecule has 104 valence electrons. The van der Waals surface area contributed by atoms with Crippen LogP contribution >= 0.6 is 0 Å². The number of ether oxygens (including phenoxy) is 1. The van der Waals surface area contributed by atoms with E-state index >= 15 is 0 Å². The molecule has 0 saturated carbocycles. The highest BCUT2D eigenvalue weighted by atomic mass is 16.5. The summed E-state index contributed by atoms with van der Waals surface area (Å²) in [5.74, 6) is 0.145. The Labute approximate surface area is 105 Å². The minimum atomic E-state index is -0.00870. The van der Waals surface area contributed by atoms with E-state index in [2.05, 4.69) is 17.7 Å². The standard InChI is InChI=1S/C9H17NO2.C2H6O.CH5N/c1-3-12-9(11)8-4-6-10(2)7-5-8;1-2-3;1-2/h8H,3-7H2,1-2H3;3H,2H2,1H3;2H2,1H3. The second-order valence-electron chi connectivity index (χ2n) is 3.65. The normalized spacial score (nSPS) is 16.1. The molecule has 0 aromatic rings. The van der Waals surface area contributed by atoms with Crippen molar-refractivity contribution in [3.8, 4) is 0 Å². The van der Waals surface area contributed by atoms with Gasteiger partial charge in [0.1, 0.15) is 0 Å². The second-order valence-corrected chi connectivity index (χ2v) is 3.65. The molecule has 1 aliphatic heterocycles. The van der Waals surface area contributed by atoms with Crippen molar-refractivity contribution in [2.24, 2.45) is 11.7 Å². The van der Waals surface area contributed by atoms with Crippen molar-refractivity contribution in [3.05, 3.63) is 0 Å². The molecular weight excluding hydrogens is 220 g/mol. The third kappa shape index (κ3) is 10.2. The number of carbonyl (C=O) groups excluding carboxylic acids is 1. The SMILES string of the molecule is CCO.CCOC(=O)C1CCN(C)CC1.CN. The van der Waals surface area contributed by atoms with Gasteiger partial charge in [-0.1, -0.05) is 0 Å². The number of piperidine rings is 1. The molecule has 0 aromatic heterocycles. The number of aliphatic hydroxyl groups excluding tert-OH is 1. The van der Waals surface area contributed by atoms with Crippen molar-refractivity contribution >= 4 is 5.97 Å². The summed E-state index contributed by atoms with van der Waals surface area (Å²) in [6.07, 6.45) is 1.91. The van der Waals surface area contributed by atoms with Crippen LogP contribution in [-0.2, 0) is 9.53 Å². The van der Waals surface area contributed by atoms with Crippen molar-refractivity contribution < 1.29 is 14.6 Å². The summed E-state index contributed by atoms with van der Waals surface area (Å²) in [6.45, 7) is 6.32. The van der Waals surface area contributed by atoms with Gasteiger partial charge >= 0.3 is 5.97 Å². The van der Waals surface area contributed by atoms with Gasteiger partial charge in [0, 0.05) is 6.61 Å². The number of nitrogens with zero attached hydrogens (tertiary/aromatic N) is 1. The molecule has 3 N–H and O–H groups in total. The van der Waals surface area contributed by atoms with Crippen LogP contribution in [0.4, 0.5) is 0 Å². The van der Waals surface area contributed by atoms with Crippen LogP contribution in [0, 0.1) is 5.92 Å². The first-order valence-corrected chi connectivity index (χ1v) is 6.19. The quantitative estimate of drug-likeness (QED) is 0.695. The fourth-order valence-corrected chi connectivity index (χ4v) is 1.50. The minimum Gasteiger partial charge on any atom is -0.466 e. The maximum atomic E-state index is 11.3. The van der Waals surface area contributed by atoms with Crippen molar-refractivity contribution in [3.63, 3.8) is 0 Å². The Morgan fingerprint density at radius 1 is 1.35 bits per heavy atom. The second kappa shape index (κ2) is 13.4. The Hall–Kier alpha value is -0.650. The number of esters is 1. The molecule has 1 rings (SSSR count). The summed E-state index contributed by atoms with van der Waals surface area (Å²) in [7, 11) is 3.58. The lowest BCUT2D eigenvalue weighted by Gasteiger charge is -2.27. The van der Waals surface area contributed by atoms with Crippen LogP contribution in [-0.4, -0.2) is 56.4 Å². The van der Waals surface area contributed by atoms with Gasteiger partial charge in [-0.3, -0.25) is 4.79 Å². The highest BCUT2D eigenvalue weighted by Gasteiger charge is 2.23. The van der Waals surface area contributed by atoms with Gasteiger partial charge in [0.05, 0.1) is 12.5 Å². The molecule has 1 heterocycles. The van der Waals surface area contributed by atoms with E-state index in [1.807, 2.05) is 6.92 Å². The molecule has 0 spiro atoms. The Morgan fingerprint density at radius 2 is 1.76 bits per heavy atom. The Morgan fingerprint density at radius 3 is 2.12 bits per heavy atom. The smallest absolute Gasteiger partial charge is 0.309 e. The van der Waals surface area contributed by atoms with E-state index in [0.717, 1.165) is 25.9 Å². The molecule has 1 aliphatic rings. The van der Waals surface area contributed by atoms with Crippen LogP contribution in [0.3, 0.4) is 0 Å². The van der Waals surface area contributed by atoms with Gasteiger partial charge in [0.2, 0.25) is 0 Å². The van der Waals surface area contributed by atoms with E-state index < -0.39 is 0 Å². The first kappa shape index (κ1) is 18.7. The monoisotopic (exact) mass is 248 g/mol. The summed E-state index contributed by atoms with van der Waals surface area (Å²) in [5.41, 5.74) is 4.50. The van der Waals surface area contributed by atoms with Crippen molar-refractivity contribution in [1.29, 1.82) is 0 Å². The van der Waals surface area contributed by atoms with E-state index in [1.54, 1.807) is 6.92 Å². The predicted molar refractivity (Wildman–Crippen MR) is 69.7 cm³/mol. The molecule has 0 aromatic carbocycles. The van der Waals surface area contributed by atoms with Gasteiger partial charge in [-0.05, 0) is 53.9 Å². The van der Waals surface area contributed by atoms with Gasteiger partial charge in [0.25, 0.3) is 0 Å². The Kier molecular flexibility index (Phi) is 14.8. The summed E-state index contributed by atoms with van der Waals surface area (Å²) >= 11 is 0. The highest BCUT2D eigenvalue weighted by molar-refractivity contribution is 5.72. The number of hydrogen-bond donors (Lipinski definition) is 2. The first-order valence-electron chi connectivity index (χ1n) is 6.19. The van der Waals surface area contributed by atoms with E-state index in [9.17, 15) is 4.79 Å². The van der Waals surface area contributed by atoms with E-state index in [-0.39, 0.29) is 18.5 Å². The van der Waals surface area contributed by atoms with Crippen LogP contribution < -0.4 is 5.73 Å². The molecule has 0 unspecified atom stereocenters. The van der Waals surface area contributed by atoms with Gasteiger partial charge in [-0.25, -0.2) is 0 Å². The van der Waals surface area contributed by atoms with E-state index in [0.29, 0.717) is 6.61 Å². The first-order chi connectivity index (χ1) is 8.15. The molecule has 0 amide bonds. The molecule has 5 nitrogen and oxygen atoms in total. The van der Waals surface area contributed by atoms with Gasteiger partial charge in [-0.15, -0.1) is 0 Å². The van der Waals surface area contributed by atoms with Crippen LogP contribution in [0.5, 0.6) is 0 Å². The lowest BCUT2D eigenvalue weighted by atomic mass is 9.97. The lowest BCUT2D eigenvalue weighted by molar-refractivity contribution is -0.149. The molecule has 0 aliphatic carbocycles. The molecule has 5 heteroatoms. The molecular formula is C12H28N2O3. The molecule has 0 atom stereocenters. The van der Waals surface area contributed by atoms with Gasteiger partial charge in [0.15, 0.2) is 0 Å². The maximum Gasteiger partial charge on any atom is 0.309 e.